The lowest BCUT2D eigenvalue weighted by molar-refractivity contribution is -0.124. The topological polar surface area (TPSA) is 118 Å². The third kappa shape index (κ3) is 4.66. The first kappa shape index (κ1) is 21.2. The van der Waals surface area contributed by atoms with Crippen molar-refractivity contribution < 1.29 is 14.3 Å². The standard InChI is InChI=1S/C23H24N6O3/c1-4-32-19-8-6-5-7-17(19)25-21(31)18-12-20(30)28-23(27-18)29-22-24-14(3)15-11-13(2)9-10-16(15)26-22/h5-11,18H,4,12H2,1-3H3,(H,25,31)(H2,24,26,27,28,29,30)/t18-/m0/s1. The number of fused-ring (bicyclic) bond motifs is 1. The Hall–Kier alpha value is -4.01. The molecule has 9 nitrogen and oxygen atoms in total. The molecule has 2 aromatic carbocycles. The fourth-order valence-corrected chi connectivity index (χ4v) is 3.43. The Balaban J connectivity index is 1.55. The van der Waals surface area contributed by atoms with E-state index >= 15 is 0 Å². The van der Waals surface area contributed by atoms with Gasteiger partial charge >= 0.3 is 0 Å². The second kappa shape index (κ2) is 9.01. The zero-order chi connectivity index (χ0) is 22.7. The third-order valence-electron chi connectivity index (χ3n) is 4.94. The number of anilines is 2. The van der Waals surface area contributed by atoms with Crippen molar-refractivity contribution in [1.29, 1.82) is 0 Å². The molecule has 1 aromatic heterocycles. The number of hydrogen-bond donors (Lipinski definition) is 3. The number of ether oxygens (including phenoxy) is 1. The number of nitrogens with zero attached hydrogens (tertiary/aromatic N) is 3. The maximum absolute atomic E-state index is 12.8. The van der Waals surface area contributed by atoms with Gasteiger partial charge in [-0.15, -0.1) is 0 Å². The summed E-state index contributed by atoms with van der Waals surface area (Å²) in [6, 6.07) is 12.1. The minimum atomic E-state index is -0.898. The number of benzene rings is 2. The highest BCUT2D eigenvalue weighted by molar-refractivity contribution is 6.09. The van der Waals surface area contributed by atoms with Gasteiger partial charge in [0.2, 0.25) is 23.7 Å². The Morgan fingerprint density at radius 3 is 2.81 bits per heavy atom. The van der Waals surface area contributed by atoms with Crippen LogP contribution in [0.25, 0.3) is 10.9 Å². The first-order valence-corrected chi connectivity index (χ1v) is 10.4. The van der Waals surface area contributed by atoms with Crippen LogP contribution in [0.15, 0.2) is 47.5 Å². The van der Waals surface area contributed by atoms with Gasteiger partial charge in [0.1, 0.15) is 11.8 Å². The molecule has 0 spiro atoms. The van der Waals surface area contributed by atoms with Crippen LogP contribution in [0.2, 0.25) is 0 Å². The van der Waals surface area contributed by atoms with Gasteiger partial charge in [-0.2, -0.15) is 0 Å². The summed E-state index contributed by atoms with van der Waals surface area (Å²) in [6.45, 7) is 6.23. The van der Waals surface area contributed by atoms with Crippen molar-refractivity contribution in [3.8, 4) is 5.75 Å². The number of carbonyl (C=O) groups is 2. The van der Waals surface area contributed by atoms with E-state index < -0.39 is 11.9 Å². The molecule has 164 valence electrons. The van der Waals surface area contributed by atoms with Gasteiger partial charge in [0.05, 0.1) is 29.9 Å². The monoisotopic (exact) mass is 432 g/mol. The maximum atomic E-state index is 12.8. The second-order valence-electron chi connectivity index (χ2n) is 7.44. The van der Waals surface area contributed by atoms with Crippen molar-refractivity contribution >= 4 is 40.3 Å². The average Bonchev–Trinajstić information content (AvgIpc) is 2.75. The SMILES string of the molecule is CCOc1ccccc1NC(=O)[C@@H]1CC(=O)NC(Nc2nc(C)c3cc(C)ccc3n2)=N1. The Bertz CT molecular complexity index is 1220. The summed E-state index contributed by atoms with van der Waals surface area (Å²) in [7, 11) is 0. The summed E-state index contributed by atoms with van der Waals surface area (Å²) in [5, 5.41) is 9.32. The second-order valence-corrected chi connectivity index (χ2v) is 7.44. The van der Waals surface area contributed by atoms with Crippen LogP contribution in [0.3, 0.4) is 0 Å². The van der Waals surface area contributed by atoms with Crippen molar-refractivity contribution in [2.24, 2.45) is 4.99 Å². The average molecular weight is 432 g/mol. The molecular weight excluding hydrogens is 408 g/mol. The van der Waals surface area contributed by atoms with Crippen LogP contribution in [0.1, 0.15) is 24.6 Å². The molecule has 0 radical (unpaired) electrons. The Kier molecular flexibility index (Phi) is 5.98. The van der Waals surface area contributed by atoms with E-state index in [2.05, 4.69) is 30.9 Å². The van der Waals surface area contributed by atoms with Crippen molar-refractivity contribution in [3.63, 3.8) is 0 Å². The summed E-state index contributed by atoms with van der Waals surface area (Å²) in [6.07, 6.45) is -0.0648. The van der Waals surface area contributed by atoms with Gasteiger partial charge in [-0.05, 0) is 45.0 Å². The van der Waals surface area contributed by atoms with Crippen LogP contribution in [0.4, 0.5) is 11.6 Å². The molecule has 0 saturated carbocycles. The lowest BCUT2D eigenvalue weighted by Crippen LogP contribution is -2.46. The molecule has 0 unspecified atom stereocenters. The lowest BCUT2D eigenvalue weighted by atomic mass is 10.1. The van der Waals surface area contributed by atoms with Crippen molar-refractivity contribution in [2.75, 3.05) is 17.2 Å². The van der Waals surface area contributed by atoms with Crippen LogP contribution in [-0.2, 0) is 9.59 Å². The minimum absolute atomic E-state index is 0.0648. The number of nitrogens with one attached hydrogen (secondary N) is 3. The van der Waals surface area contributed by atoms with Crippen molar-refractivity contribution in [1.82, 2.24) is 15.3 Å². The first-order chi connectivity index (χ1) is 15.4. The van der Waals surface area contributed by atoms with Crippen LogP contribution in [-0.4, -0.2) is 40.4 Å². The largest absolute Gasteiger partial charge is 0.492 e. The van der Waals surface area contributed by atoms with Crippen molar-refractivity contribution in [3.05, 3.63) is 53.7 Å². The number of carbonyl (C=O) groups excluding carboxylic acids is 2. The summed E-state index contributed by atoms with van der Waals surface area (Å²) in [5.41, 5.74) is 3.22. The fraction of sp³-hybridized carbons (Fsp3) is 0.261. The summed E-state index contributed by atoms with van der Waals surface area (Å²) < 4.78 is 5.54. The molecule has 9 heteroatoms. The van der Waals surface area contributed by atoms with E-state index in [1.54, 1.807) is 18.2 Å². The minimum Gasteiger partial charge on any atom is -0.492 e. The van der Waals surface area contributed by atoms with Gasteiger partial charge in [-0.25, -0.2) is 15.0 Å². The summed E-state index contributed by atoms with van der Waals surface area (Å²) >= 11 is 0. The quantitative estimate of drug-likeness (QED) is 0.571. The number of aryl methyl sites for hydroxylation is 2. The van der Waals surface area contributed by atoms with E-state index in [1.165, 1.54) is 0 Å². The van der Waals surface area contributed by atoms with Gasteiger partial charge < -0.3 is 10.1 Å². The number of para-hydroxylation sites is 2. The van der Waals surface area contributed by atoms with E-state index in [0.717, 1.165) is 22.2 Å². The normalized spacial score (nSPS) is 15.7. The van der Waals surface area contributed by atoms with Crippen LogP contribution in [0.5, 0.6) is 5.75 Å². The third-order valence-corrected chi connectivity index (χ3v) is 4.94. The zero-order valence-corrected chi connectivity index (χ0v) is 18.1. The predicted octanol–water partition coefficient (Wildman–Crippen LogP) is 2.94. The number of rotatable bonds is 5. The van der Waals surface area contributed by atoms with Gasteiger partial charge in [0, 0.05) is 5.39 Å². The smallest absolute Gasteiger partial charge is 0.249 e. The summed E-state index contributed by atoms with van der Waals surface area (Å²) in [4.78, 5) is 38.4. The van der Waals surface area contributed by atoms with Crippen LogP contribution >= 0.6 is 0 Å². The van der Waals surface area contributed by atoms with E-state index in [1.807, 2.05) is 45.0 Å². The maximum Gasteiger partial charge on any atom is 0.249 e. The summed E-state index contributed by atoms with van der Waals surface area (Å²) in [5.74, 6) is 0.249. The molecule has 3 aromatic rings. The van der Waals surface area contributed by atoms with E-state index in [-0.39, 0.29) is 18.3 Å². The van der Waals surface area contributed by atoms with Crippen LogP contribution < -0.4 is 20.7 Å². The molecule has 0 saturated heterocycles. The zero-order valence-electron chi connectivity index (χ0n) is 18.1. The van der Waals surface area contributed by atoms with Gasteiger partial charge in [0.25, 0.3) is 0 Å². The van der Waals surface area contributed by atoms with Crippen molar-refractivity contribution in [2.45, 2.75) is 33.2 Å². The Morgan fingerprint density at radius 2 is 2.00 bits per heavy atom. The molecule has 1 aliphatic rings. The fourth-order valence-electron chi connectivity index (χ4n) is 3.43. The molecule has 0 bridgehead atoms. The lowest BCUT2D eigenvalue weighted by Gasteiger charge is -2.21. The number of guanidine groups is 1. The van der Waals surface area contributed by atoms with Crippen LogP contribution in [0, 0.1) is 13.8 Å². The molecule has 0 aliphatic carbocycles. The van der Waals surface area contributed by atoms with E-state index in [9.17, 15) is 9.59 Å². The highest BCUT2D eigenvalue weighted by atomic mass is 16.5. The highest BCUT2D eigenvalue weighted by Gasteiger charge is 2.28. The number of aliphatic imine (C=N–C) groups is 1. The molecule has 2 amide bonds. The Labute approximate surface area is 185 Å². The van der Waals surface area contributed by atoms with Gasteiger partial charge in [-0.1, -0.05) is 23.8 Å². The van der Waals surface area contributed by atoms with Gasteiger partial charge in [-0.3, -0.25) is 20.2 Å². The number of hydrogen-bond acceptors (Lipinski definition) is 7. The molecule has 2 heterocycles. The molecule has 1 atom stereocenters. The highest BCUT2D eigenvalue weighted by Crippen LogP contribution is 2.24. The van der Waals surface area contributed by atoms with E-state index in [0.29, 0.717) is 24.0 Å². The molecule has 32 heavy (non-hydrogen) atoms. The number of amides is 2. The molecule has 1 aliphatic heterocycles. The predicted molar refractivity (Wildman–Crippen MR) is 123 cm³/mol. The first-order valence-electron chi connectivity index (χ1n) is 10.4. The molecular formula is C23H24N6O3. The molecule has 4 rings (SSSR count). The molecule has 3 N–H and O–H groups in total. The van der Waals surface area contributed by atoms with Gasteiger partial charge in [0.15, 0.2) is 0 Å². The van der Waals surface area contributed by atoms with E-state index in [4.69, 9.17) is 4.74 Å². The molecule has 0 fully saturated rings. The Morgan fingerprint density at radius 1 is 1.19 bits per heavy atom. The number of aromatic nitrogens is 2.